The number of ketones is 1. The van der Waals surface area contributed by atoms with Crippen molar-refractivity contribution in [2.24, 2.45) is 0 Å². The van der Waals surface area contributed by atoms with Gasteiger partial charge >= 0.3 is 5.97 Å². The molecule has 0 saturated carbocycles. The number of aromatic amines is 1. The third-order valence-corrected chi connectivity index (χ3v) is 4.86. The molecular weight excluding hydrogens is 372 g/mol. The van der Waals surface area contributed by atoms with Crippen LogP contribution in [0.2, 0.25) is 0 Å². The normalized spacial score (nSPS) is 14.0. The molecule has 1 atom stereocenters. The monoisotopic (exact) mass is 392 g/mol. The number of ether oxygens (including phenoxy) is 2. The Morgan fingerprint density at radius 3 is 2.72 bits per heavy atom. The molecule has 0 fully saturated rings. The van der Waals surface area contributed by atoms with Crippen LogP contribution >= 0.6 is 0 Å². The Hall–Kier alpha value is -3.61. The maximum absolute atomic E-state index is 12.7. The van der Waals surface area contributed by atoms with Crippen molar-refractivity contribution < 1.29 is 23.9 Å². The number of aryl methyl sites for hydroxylation is 2. The summed E-state index contributed by atoms with van der Waals surface area (Å²) < 4.78 is 10.7. The number of esters is 1. The van der Waals surface area contributed by atoms with Crippen LogP contribution in [0.5, 0.6) is 5.75 Å². The van der Waals surface area contributed by atoms with Crippen LogP contribution in [-0.2, 0) is 9.53 Å². The van der Waals surface area contributed by atoms with E-state index < -0.39 is 12.1 Å². The number of hydrogen-bond donors (Lipinski definition) is 2. The van der Waals surface area contributed by atoms with Gasteiger partial charge in [0.1, 0.15) is 11.4 Å². The summed E-state index contributed by atoms with van der Waals surface area (Å²) in [5.41, 5.74) is 4.02. The quantitative estimate of drug-likeness (QED) is 0.523. The number of fused-ring (bicyclic) bond motifs is 2. The van der Waals surface area contributed by atoms with Crippen LogP contribution in [0.1, 0.15) is 38.9 Å². The minimum atomic E-state index is -0.991. The van der Waals surface area contributed by atoms with Crippen LogP contribution < -0.4 is 10.1 Å². The smallest absolute Gasteiger partial charge is 0.355 e. The van der Waals surface area contributed by atoms with Crippen molar-refractivity contribution in [2.45, 2.75) is 26.9 Å². The molecular formula is C22H20N2O5. The van der Waals surface area contributed by atoms with Gasteiger partial charge in [0.2, 0.25) is 5.78 Å². The average Bonchev–Trinajstić information content (AvgIpc) is 3.11. The van der Waals surface area contributed by atoms with E-state index in [0.717, 1.165) is 22.0 Å². The van der Waals surface area contributed by atoms with E-state index in [2.05, 4.69) is 10.3 Å². The van der Waals surface area contributed by atoms with E-state index in [1.54, 1.807) is 18.2 Å². The molecule has 1 aromatic heterocycles. The van der Waals surface area contributed by atoms with Gasteiger partial charge in [-0.3, -0.25) is 9.59 Å². The molecule has 1 aliphatic rings. The number of amides is 1. The number of nitrogens with one attached hydrogen (secondary N) is 2. The first kappa shape index (κ1) is 18.7. The first-order chi connectivity index (χ1) is 13.8. The highest BCUT2D eigenvalue weighted by molar-refractivity contribution is 6.04. The molecule has 2 heterocycles. The summed E-state index contributed by atoms with van der Waals surface area (Å²) in [5, 5.41) is 3.59. The van der Waals surface area contributed by atoms with Crippen LogP contribution in [0, 0.1) is 13.8 Å². The lowest BCUT2D eigenvalue weighted by Crippen LogP contribution is -2.27. The maximum atomic E-state index is 12.7. The molecule has 0 spiro atoms. The number of aromatic nitrogens is 1. The van der Waals surface area contributed by atoms with Crippen molar-refractivity contribution in [1.82, 2.24) is 4.98 Å². The number of benzene rings is 2. The van der Waals surface area contributed by atoms with E-state index in [-0.39, 0.29) is 18.3 Å². The zero-order valence-corrected chi connectivity index (χ0v) is 16.3. The van der Waals surface area contributed by atoms with Gasteiger partial charge in [-0.1, -0.05) is 6.07 Å². The summed E-state index contributed by atoms with van der Waals surface area (Å²) in [7, 11) is 0. The summed E-state index contributed by atoms with van der Waals surface area (Å²) in [6.07, 6.45) is -0.991. The third kappa shape index (κ3) is 3.59. The Morgan fingerprint density at radius 1 is 1.14 bits per heavy atom. The molecule has 0 unspecified atom stereocenters. The Balaban J connectivity index is 1.51. The van der Waals surface area contributed by atoms with Crippen LogP contribution in [0.4, 0.5) is 5.69 Å². The van der Waals surface area contributed by atoms with Gasteiger partial charge in [-0.05, 0) is 62.2 Å². The molecule has 1 amide bonds. The number of anilines is 1. The molecule has 2 aromatic carbocycles. The zero-order chi connectivity index (χ0) is 20.7. The van der Waals surface area contributed by atoms with Crippen LogP contribution in [0.15, 0.2) is 36.4 Å². The van der Waals surface area contributed by atoms with Gasteiger partial charge in [-0.25, -0.2) is 4.79 Å². The Kier molecular flexibility index (Phi) is 4.58. The van der Waals surface area contributed by atoms with Crippen LogP contribution in [0.3, 0.4) is 0 Å². The molecule has 3 aromatic rings. The van der Waals surface area contributed by atoms with E-state index in [0.29, 0.717) is 22.7 Å². The second-order valence-corrected chi connectivity index (χ2v) is 7.19. The van der Waals surface area contributed by atoms with Crippen molar-refractivity contribution in [3.05, 3.63) is 58.8 Å². The van der Waals surface area contributed by atoms with Gasteiger partial charge < -0.3 is 19.8 Å². The first-order valence-corrected chi connectivity index (χ1v) is 9.23. The van der Waals surface area contributed by atoms with Gasteiger partial charge in [0.15, 0.2) is 12.7 Å². The predicted molar refractivity (Wildman–Crippen MR) is 108 cm³/mol. The predicted octanol–water partition coefficient (Wildman–Crippen LogP) is 3.54. The molecule has 7 nitrogen and oxygen atoms in total. The van der Waals surface area contributed by atoms with E-state index in [4.69, 9.17) is 9.47 Å². The van der Waals surface area contributed by atoms with Crippen molar-refractivity contribution in [3.8, 4) is 5.75 Å². The molecule has 0 radical (unpaired) electrons. The van der Waals surface area contributed by atoms with Crippen molar-refractivity contribution in [1.29, 1.82) is 0 Å². The highest BCUT2D eigenvalue weighted by Crippen LogP contribution is 2.29. The molecule has 1 aliphatic heterocycles. The number of carbonyl (C=O) groups is 3. The van der Waals surface area contributed by atoms with Gasteiger partial charge in [0.05, 0.1) is 5.69 Å². The number of rotatable bonds is 4. The summed E-state index contributed by atoms with van der Waals surface area (Å²) >= 11 is 0. The zero-order valence-electron chi connectivity index (χ0n) is 16.3. The lowest BCUT2D eigenvalue weighted by Gasteiger charge is -2.19. The fourth-order valence-corrected chi connectivity index (χ4v) is 3.46. The maximum Gasteiger partial charge on any atom is 0.355 e. The van der Waals surface area contributed by atoms with Crippen LogP contribution in [-0.4, -0.2) is 35.4 Å². The first-order valence-electron chi connectivity index (χ1n) is 9.23. The fraction of sp³-hybridized carbons (Fsp3) is 0.227. The standard InChI is InChI=1S/C22H20N2O5/c1-11-6-12(2)15-9-18(23-16(15)7-11)22(27)29-13(3)21(26)14-4-5-19-17(8-14)24-20(25)10-28-19/h4-9,13,23H,10H2,1-3H3,(H,24,25)/t13-/m1/s1. The summed E-state index contributed by atoms with van der Waals surface area (Å²) in [5.74, 6) is -0.765. The second-order valence-electron chi connectivity index (χ2n) is 7.19. The Labute approximate surface area is 167 Å². The topological polar surface area (TPSA) is 97.5 Å². The van der Waals surface area contributed by atoms with Gasteiger partial charge in [0, 0.05) is 16.5 Å². The number of Topliss-reactive ketones (excluding diaryl/α,β-unsaturated/α-hetero) is 1. The average molecular weight is 392 g/mol. The summed E-state index contributed by atoms with van der Waals surface area (Å²) in [6, 6.07) is 10.4. The van der Waals surface area contributed by atoms with E-state index in [1.165, 1.54) is 13.0 Å². The van der Waals surface area contributed by atoms with Gasteiger partial charge in [-0.2, -0.15) is 0 Å². The highest BCUT2D eigenvalue weighted by atomic mass is 16.5. The SMILES string of the molecule is Cc1cc(C)c2cc(C(=O)O[C@H](C)C(=O)c3ccc4c(c3)NC(=O)CO4)[nH]c2c1. The highest BCUT2D eigenvalue weighted by Gasteiger charge is 2.24. The number of hydrogen-bond acceptors (Lipinski definition) is 5. The molecule has 29 heavy (non-hydrogen) atoms. The molecule has 0 aliphatic carbocycles. The van der Waals surface area contributed by atoms with Crippen molar-refractivity contribution in [3.63, 3.8) is 0 Å². The molecule has 2 N–H and O–H groups in total. The minimum Gasteiger partial charge on any atom is -0.482 e. The third-order valence-electron chi connectivity index (χ3n) is 4.86. The lowest BCUT2D eigenvalue weighted by atomic mass is 10.1. The van der Waals surface area contributed by atoms with Crippen molar-refractivity contribution in [2.75, 3.05) is 11.9 Å². The van der Waals surface area contributed by atoms with E-state index >= 15 is 0 Å². The Bertz CT molecular complexity index is 1160. The number of carbonyl (C=O) groups excluding carboxylic acids is 3. The Morgan fingerprint density at radius 2 is 1.93 bits per heavy atom. The minimum absolute atomic E-state index is 0.0577. The molecule has 148 valence electrons. The fourth-order valence-electron chi connectivity index (χ4n) is 3.46. The lowest BCUT2D eigenvalue weighted by molar-refractivity contribution is -0.118. The summed E-state index contributed by atoms with van der Waals surface area (Å²) in [6.45, 7) is 5.42. The molecule has 4 rings (SSSR count). The second kappa shape index (κ2) is 7.09. The molecule has 7 heteroatoms. The summed E-state index contributed by atoms with van der Waals surface area (Å²) in [4.78, 5) is 39.8. The van der Waals surface area contributed by atoms with E-state index in [9.17, 15) is 14.4 Å². The largest absolute Gasteiger partial charge is 0.482 e. The van der Waals surface area contributed by atoms with Crippen LogP contribution in [0.25, 0.3) is 10.9 Å². The van der Waals surface area contributed by atoms with Crippen molar-refractivity contribution >= 4 is 34.3 Å². The van der Waals surface area contributed by atoms with Gasteiger partial charge in [0.25, 0.3) is 5.91 Å². The number of H-pyrrole nitrogens is 1. The van der Waals surface area contributed by atoms with E-state index in [1.807, 2.05) is 26.0 Å². The van der Waals surface area contributed by atoms with Gasteiger partial charge in [-0.15, -0.1) is 0 Å². The molecule has 0 saturated heterocycles. The molecule has 0 bridgehead atoms.